The van der Waals surface area contributed by atoms with E-state index in [9.17, 15) is 9.59 Å². The zero-order chi connectivity index (χ0) is 10.3. The standard InChI is InChI=1S/C8H12O3.C2H4/c1-11-8(10)6-3-2-4-7(9)5-6;1-2/h6H,2-5H2,1H3;1-2H2. The van der Waals surface area contributed by atoms with Gasteiger partial charge in [-0.2, -0.15) is 0 Å². The molecule has 1 saturated carbocycles. The van der Waals surface area contributed by atoms with Gasteiger partial charge in [0.15, 0.2) is 0 Å². The summed E-state index contributed by atoms with van der Waals surface area (Å²) in [5.74, 6) is -0.217. The number of rotatable bonds is 1. The quantitative estimate of drug-likeness (QED) is 0.460. The summed E-state index contributed by atoms with van der Waals surface area (Å²) in [4.78, 5) is 21.8. The average molecular weight is 184 g/mol. The molecular formula is C10H16O3. The Bertz CT molecular complexity index is 187. The van der Waals surface area contributed by atoms with Gasteiger partial charge in [0, 0.05) is 12.8 Å². The highest BCUT2D eigenvalue weighted by atomic mass is 16.5. The smallest absolute Gasteiger partial charge is 0.309 e. The van der Waals surface area contributed by atoms with Crippen LogP contribution >= 0.6 is 0 Å². The molecule has 0 aromatic heterocycles. The zero-order valence-corrected chi connectivity index (χ0v) is 8.04. The first kappa shape index (κ1) is 11.9. The summed E-state index contributed by atoms with van der Waals surface area (Å²) in [5, 5.41) is 0. The lowest BCUT2D eigenvalue weighted by Gasteiger charge is -2.17. The SMILES string of the molecule is C=C.COC(=O)C1CCCC(=O)C1. The molecule has 3 heteroatoms. The summed E-state index contributed by atoms with van der Waals surface area (Å²) in [6.07, 6.45) is 2.65. The third-order valence-corrected chi connectivity index (χ3v) is 2.02. The van der Waals surface area contributed by atoms with Crippen LogP contribution in [0.3, 0.4) is 0 Å². The first-order valence-electron chi connectivity index (χ1n) is 4.33. The van der Waals surface area contributed by atoms with Gasteiger partial charge in [0.2, 0.25) is 0 Å². The second-order valence-electron chi connectivity index (χ2n) is 2.86. The third kappa shape index (κ3) is 3.87. The van der Waals surface area contributed by atoms with Crippen LogP contribution in [-0.2, 0) is 14.3 Å². The van der Waals surface area contributed by atoms with Crippen molar-refractivity contribution in [2.24, 2.45) is 5.92 Å². The molecule has 1 aliphatic carbocycles. The molecule has 0 aliphatic heterocycles. The maximum Gasteiger partial charge on any atom is 0.309 e. The molecule has 0 amide bonds. The Kier molecular flexibility index (Phi) is 5.85. The Morgan fingerprint density at radius 3 is 2.62 bits per heavy atom. The van der Waals surface area contributed by atoms with Crippen molar-refractivity contribution in [2.75, 3.05) is 7.11 Å². The van der Waals surface area contributed by atoms with Crippen molar-refractivity contribution in [1.29, 1.82) is 0 Å². The molecule has 1 atom stereocenters. The van der Waals surface area contributed by atoms with Crippen molar-refractivity contribution in [1.82, 2.24) is 0 Å². The van der Waals surface area contributed by atoms with E-state index in [0.29, 0.717) is 12.8 Å². The monoisotopic (exact) mass is 184 g/mol. The number of carbonyl (C=O) groups is 2. The van der Waals surface area contributed by atoms with Crippen molar-refractivity contribution in [2.45, 2.75) is 25.7 Å². The first-order valence-corrected chi connectivity index (χ1v) is 4.33. The van der Waals surface area contributed by atoms with E-state index in [-0.39, 0.29) is 17.7 Å². The van der Waals surface area contributed by atoms with E-state index >= 15 is 0 Å². The lowest BCUT2D eigenvalue weighted by atomic mass is 9.88. The van der Waals surface area contributed by atoms with Crippen LogP contribution < -0.4 is 0 Å². The topological polar surface area (TPSA) is 43.4 Å². The fraction of sp³-hybridized carbons (Fsp3) is 0.600. The van der Waals surface area contributed by atoms with Crippen LogP contribution in [0.25, 0.3) is 0 Å². The number of carbonyl (C=O) groups excluding carboxylic acids is 2. The van der Waals surface area contributed by atoms with Gasteiger partial charge in [0.05, 0.1) is 13.0 Å². The molecule has 0 spiro atoms. The molecule has 0 radical (unpaired) electrons. The maximum absolute atomic E-state index is 10.9. The minimum absolute atomic E-state index is 0.166. The second kappa shape index (κ2) is 6.40. The summed E-state index contributed by atoms with van der Waals surface area (Å²) in [6, 6.07) is 0. The molecule has 74 valence electrons. The van der Waals surface area contributed by atoms with Crippen molar-refractivity contribution < 1.29 is 14.3 Å². The molecular weight excluding hydrogens is 168 g/mol. The number of ether oxygens (including phenoxy) is 1. The summed E-state index contributed by atoms with van der Waals surface area (Å²) < 4.78 is 4.55. The molecule has 3 nitrogen and oxygen atoms in total. The van der Waals surface area contributed by atoms with E-state index < -0.39 is 0 Å². The Labute approximate surface area is 78.8 Å². The first-order chi connectivity index (χ1) is 6.24. The fourth-order valence-electron chi connectivity index (χ4n) is 1.39. The zero-order valence-electron chi connectivity index (χ0n) is 8.04. The molecule has 1 aliphatic rings. The normalized spacial score (nSPS) is 21.3. The number of esters is 1. The van der Waals surface area contributed by atoms with Crippen LogP contribution in [0.2, 0.25) is 0 Å². The lowest BCUT2D eigenvalue weighted by Crippen LogP contribution is -2.23. The molecule has 0 saturated heterocycles. The minimum atomic E-state index is -0.238. The van der Waals surface area contributed by atoms with Crippen molar-refractivity contribution in [3.05, 3.63) is 13.2 Å². The highest BCUT2D eigenvalue weighted by Gasteiger charge is 2.25. The van der Waals surface area contributed by atoms with Crippen LogP contribution in [0.5, 0.6) is 0 Å². The van der Waals surface area contributed by atoms with Gasteiger partial charge >= 0.3 is 5.97 Å². The van der Waals surface area contributed by atoms with Crippen molar-refractivity contribution >= 4 is 11.8 Å². The summed E-state index contributed by atoms with van der Waals surface area (Å²) in [5.41, 5.74) is 0. The Hall–Kier alpha value is -1.12. The van der Waals surface area contributed by atoms with Gasteiger partial charge < -0.3 is 4.74 Å². The highest BCUT2D eigenvalue weighted by molar-refractivity contribution is 5.85. The van der Waals surface area contributed by atoms with Gasteiger partial charge in [-0.25, -0.2) is 0 Å². The van der Waals surface area contributed by atoms with Gasteiger partial charge in [-0.05, 0) is 12.8 Å². The number of ketones is 1. The second-order valence-corrected chi connectivity index (χ2v) is 2.86. The maximum atomic E-state index is 10.9. The van der Waals surface area contributed by atoms with Gasteiger partial charge in [-0.1, -0.05) is 0 Å². The van der Waals surface area contributed by atoms with Crippen LogP contribution in [0.15, 0.2) is 13.2 Å². The van der Waals surface area contributed by atoms with E-state index in [0.717, 1.165) is 12.8 Å². The molecule has 1 unspecified atom stereocenters. The molecule has 0 aromatic carbocycles. The Morgan fingerprint density at radius 1 is 1.54 bits per heavy atom. The molecule has 1 fully saturated rings. The van der Waals surface area contributed by atoms with Crippen molar-refractivity contribution in [3.8, 4) is 0 Å². The predicted molar refractivity (Wildman–Crippen MR) is 50.2 cm³/mol. The van der Waals surface area contributed by atoms with E-state index in [2.05, 4.69) is 17.9 Å². The Balaban J connectivity index is 0.000000671. The van der Waals surface area contributed by atoms with E-state index in [1.807, 2.05) is 0 Å². The van der Waals surface area contributed by atoms with Gasteiger partial charge in [-0.15, -0.1) is 13.2 Å². The number of hydrogen-bond acceptors (Lipinski definition) is 3. The number of methoxy groups -OCH3 is 1. The minimum Gasteiger partial charge on any atom is -0.469 e. The van der Waals surface area contributed by atoms with Crippen molar-refractivity contribution in [3.63, 3.8) is 0 Å². The van der Waals surface area contributed by atoms with Crippen LogP contribution in [0, 0.1) is 5.92 Å². The molecule has 13 heavy (non-hydrogen) atoms. The summed E-state index contributed by atoms with van der Waals surface area (Å²) in [6.45, 7) is 6.00. The molecule has 0 aromatic rings. The van der Waals surface area contributed by atoms with Gasteiger partial charge in [0.1, 0.15) is 5.78 Å². The van der Waals surface area contributed by atoms with Crippen LogP contribution in [0.4, 0.5) is 0 Å². The van der Waals surface area contributed by atoms with Crippen LogP contribution in [0.1, 0.15) is 25.7 Å². The Morgan fingerprint density at radius 2 is 2.15 bits per heavy atom. The molecule has 0 heterocycles. The van der Waals surface area contributed by atoms with Gasteiger partial charge in [-0.3, -0.25) is 9.59 Å². The largest absolute Gasteiger partial charge is 0.469 e. The lowest BCUT2D eigenvalue weighted by molar-refractivity contribution is -0.148. The number of hydrogen-bond donors (Lipinski definition) is 0. The van der Waals surface area contributed by atoms with E-state index in [1.54, 1.807) is 0 Å². The van der Waals surface area contributed by atoms with Gasteiger partial charge in [0.25, 0.3) is 0 Å². The van der Waals surface area contributed by atoms with E-state index in [1.165, 1.54) is 7.11 Å². The summed E-state index contributed by atoms with van der Waals surface area (Å²) >= 11 is 0. The molecule has 0 N–H and O–H groups in total. The molecule has 1 rings (SSSR count). The van der Waals surface area contributed by atoms with E-state index in [4.69, 9.17) is 0 Å². The summed E-state index contributed by atoms with van der Waals surface area (Å²) in [7, 11) is 1.36. The molecule has 0 bridgehead atoms. The predicted octanol–water partition coefficient (Wildman–Crippen LogP) is 1.72. The third-order valence-electron chi connectivity index (χ3n) is 2.02. The number of Topliss-reactive ketones (excluding diaryl/α,β-unsaturated/α-hetero) is 1. The highest BCUT2D eigenvalue weighted by Crippen LogP contribution is 2.21. The fourth-order valence-corrected chi connectivity index (χ4v) is 1.39. The van der Waals surface area contributed by atoms with Crippen LogP contribution in [-0.4, -0.2) is 18.9 Å². The average Bonchev–Trinajstić information content (AvgIpc) is 2.20.